The van der Waals surface area contributed by atoms with E-state index < -0.39 is 0 Å². The van der Waals surface area contributed by atoms with Gasteiger partial charge < -0.3 is 0 Å². The van der Waals surface area contributed by atoms with E-state index in [9.17, 15) is 0 Å². The van der Waals surface area contributed by atoms with Crippen LogP contribution < -0.4 is 4.57 Å². The third-order valence-corrected chi connectivity index (χ3v) is 7.60. The summed E-state index contributed by atoms with van der Waals surface area (Å²) in [7, 11) is 0. The van der Waals surface area contributed by atoms with Gasteiger partial charge in [-0.15, -0.1) is 0 Å². The third kappa shape index (κ3) is 16.8. The first kappa shape index (κ1) is 31.2. The Morgan fingerprint density at radius 1 is 0.500 bits per heavy atom. The van der Waals surface area contributed by atoms with E-state index in [0.29, 0.717) is 0 Å². The van der Waals surface area contributed by atoms with Crippen molar-refractivity contribution in [2.24, 2.45) is 0 Å². The minimum absolute atomic E-state index is 1.23. The summed E-state index contributed by atoms with van der Waals surface area (Å²) in [6, 6.07) is 0. The fourth-order valence-electron chi connectivity index (χ4n) is 5.26. The van der Waals surface area contributed by atoms with Crippen molar-refractivity contribution in [1.29, 1.82) is 0 Å². The molecule has 0 unspecified atom stereocenters. The van der Waals surface area contributed by atoms with Gasteiger partial charge in [0.25, 0.3) is 5.82 Å². The fraction of sp³-hybridized carbons (Fsp3) is 0.906. The predicted octanol–water partition coefficient (Wildman–Crippen LogP) is 10.4. The summed E-state index contributed by atoms with van der Waals surface area (Å²) in [6.07, 6.45) is 38.5. The minimum atomic E-state index is 1.23. The van der Waals surface area contributed by atoms with Crippen LogP contribution in [0.25, 0.3) is 0 Å². The smallest absolute Gasteiger partial charge is 0.234 e. The summed E-state index contributed by atoms with van der Waals surface area (Å²) < 4.78 is 5.22. The number of aryl methyl sites for hydroxylation is 2. The van der Waals surface area contributed by atoms with Crippen LogP contribution in [0.3, 0.4) is 0 Å². The number of hydrogen-bond donors (Lipinski definition) is 0. The van der Waals surface area contributed by atoms with Crippen LogP contribution >= 0.6 is 0 Å². The average Bonchev–Trinajstić information content (AvgIpc) is 3.23. The van der Waals surface area contributed by atoms with Crippen LogP contribution in [0.5, 0.6) is 0 Å². The molecule has 2 heteroatoms. The minimum Gasteiger partial charge on any atom is -0.234 e. The van der Waals surface area contributed by atoms with E-state index in [0.717, 1.165) is 0 Å². The van der Waals surface area contributed by atoms with Gasteiger partial charge in [-0.25, -0.2) is 9.13 Å². The highest BCUT2D eigenvalue weighted by molar-refractivity contribution is 4.84. The summed E-state index contributed by atoms with van der Waals surface area (Å²) >= 11 is 0. The van der Waals surface area contributed by atoms with Crippen LogP contribution in [0.1, 0.15) is 174 Å². The lowest BCUT2D eigenvalue weighted by Gasteiger charge is -2.07. The van der Waals surface area contributed by atoms with Crippen LogP contribution in [0.2, 0.25) is 0 Å². The van der Waals surface area contributed by atoms with Gasteiger partial charge in [-0.2, -0.15) is 0 Å². The van der Waals surface area contributed by atoms with Gasteiger partial charge in [-0.3, -0.25) is 0 Å². The van der Waals surface area contributed by atoms with E-state index in [1.165, 1.54) is 167 Å². The monoisotopic (exact) mass is 475 g/mol. The van der Waals surface area contributed by atoms with Crippen molar-refractivity contribution in [2.45, 2.75) is 188 Å². The maximum Gasteiger partial charge on any atom is 0.256 e. The molecule has 0 amide bonds. The lowest BCUT2D eigenvalue weighted by atomic mass is 10.1. The number of hydrogen-bond acceptors (Lipinski definition) is 0. The van der Waals surface area contributed by atoms with Gasteiger partial charge in [-0.1, -0.05) is 136 Å². The van der Waals surface area contributed by atoms with E-state index in [4.69, 9.17) is 0 Å². The number of unbranched alkanes of at least 4 members (excludes halogenated alkanes) is 20. The van der Waals surface area contributed by atoms with Crippen LogP contribution in [0, 0.1) is 0 Å². The molecule has 1 rings (SSSR count). The quantitative estimate of drug-likeness (QED) is 0.0930. The standard InChI is InChI=1S/C32H63N2/c1-4-7-10-13-16-18-21-24-27-32-33(28-25-22-19-15-12-9-6-3)30-31-34(32)29-26-23-20-17-14-11-8-5-2/h30-31H,4-29H2,1-3H3/q+1. The molecule has 0 bridgehead atoms. The molecule has 0 aromatic carbocycles. The molecule has 0 aliphatic carbocycles. The summed E-state index contributed by atoms with van der Waals surface area (Å²) in [4.78, 5) is 0. The topological polar surface area (TPSA) is 8.81 Å². The zero-order valence-corrected chi connectivity index (χ0v) is 23.9. The molecule has 0 radical (unpaired) electrons. The Morgan fingerprint density at radius 2 is 0.912 bits per heavy atom. The van der Waals surface area contributed by atoms with Crippen molar-refractivity contribution in [3.05, 3.63) is 18.2 Å². The van der Waals surface area contributed by atoms with E-state index in [2.05, 4.69) is 42.3 Å². The number of rotatable bonds is 26. The second kappa shape index (κ2) is 23.9. The molecule has 0 saturated heterocycles. The van der Waals surface area contributed by atoms with Crippen molar-refractivity contribution >= 4 is 0 Å². The molecule has 1 heterocycles. The van der Waals surface area contributed by atoms with Gasteiger partial charge in [0, 0.05) is 6.42 Å². The Labute approximate surface area is 215 Å². The zero-order valence-electron chi connectivity index (χ0n) is 23.9. The molecule has 0 N–H and O–H groups in total. The zero-order chi connectivity index (χ0) is 24.5. The van der Waals surface area contributed by atoms with Crippen molar-refractivity contribution in [3.8, 4) is 0 Å². The van der Waals surface area contributed by atoms with Gasteiger partial charge in [0.2, 0.25) is 0 Å². The maximum atomic E-state index is 2.61. The van der Waals surface area contributed by atoms with E-state index in [1.807, 2.05) is 0 Å². The first-order chi connectivity index (χ1) is 16.8. The Hall–Kier alpha value is -0.790. The normalized spacial score (nSPS) is 11.5. The molecular weight excluding hydrogens is 412 g/mol. The first-order valence-corrected chi connectivity index (χ1v) is 15.9. The lowest BCUT2D eigenvalue weighted by molar-refractivity contribution is -0.704. The molecule has 0 aliphatic heterocycles. The molecule has 0 saturated carbocycles. The van der Waals surface area contributed by atoms with Gasteiger partial charge in [0.05, 0.1) is 13.1 Å². The van der Waals surface area contributed by atoms with Gasteiger partial charge in [0.15, 0.2) is 0 Å². The molecule has 0 spiro atoms. The molecule has 200 valence electrons. The Morgan fingerprint density at radius 3 is 1.41 bits per heavy atom. The molecule has 0 aliphatic rings. The molecule has 2 nitrogen and oxygen atoms in total. The van der Waals surface area contributed by atoms with E-state index in [-0.39, 0.29) is 0 Å². The molecule has 34 heavy (non-hydrogen) atoms. The maximum absolute atomic E-state index is 2.61. The Balaban J connectivity index is 2.38. The SMILES string of the molecule is CCCCCCCCCCc1n(CCCCCCCCCC)cc[n+]1CCCCCCCCC. The lowest BCUT2D eigenvalue weighted by Crippen LogP contribution is -2.37. The predicted molar refractivity (Wildman–Crippen MR) is 152 cm³/mol. The van der Waals surface area contributed by atoms with Crippen LogP contribution in [0.15, 0.2) is 12.4 Å². The van der Waals surface area contributed by atoms with Gasteiger partial charge >= 0.3 is 0 Å². The van der Waals surface area contributed by atoms with E-state index >= 15 is 0 Å². The molecule has 1 aromatic heterocycles. The molecule has 0 atom stereocenters. The van der Waals surface area contributed by atoms with Crippen molar-refractivity contribution in [2.75, 3.05) is 0 Å². The summed E-state index contributed by atoms with van der Waals surface area (Å²) in [5, 5.41) is 0. The van der Waals surface area contributed by atoms with Crippen LogP contribution in [-0.2, 0) is 19.5 Å². The Kier molecular flexibility index (Phi) is 22.0. The summed E-state index contributed by atoms with van der Waals surface area (Å²) in [5.74, 6) is 1.61. The van der Waals surface area contributed by atoms with Crippen molar-refractivity contribution in [3.63, 3.8) is 0 Å². The fourth-order valence-corrected chi connectivity index (χ4v) is 5.26. The Bertz CT molecular complexity index is 533. The molecule has 0 fully saturated rings. The average molecular weight is 476 g/mol. The summed E-state index contributed by atoms with van der Waals surface area (Å²) in [6.45, 7) is 9.38. The highest BCUT2D eigenvalue weighted by Crippen LogP contribution is 2.13. The first-order valence-electron chi connectivity index (χ1n) is 15.9. The van der Waals surface area contributed by atoms with Gasteiger partial charge in [-0.05, 0) is 32.1 Å². The molecular formula is C32H63N2+. The van der Waals surface area contributed by atoms with E-state index in [1.54, 1.807) is 5.82 Å². The van der Waals surface area contributed by atoms with Crippen LogP contribution in [0.4, 0.5) is 0 Å². The van der Waals surface area contributed by atoms with Gasteiger partial charge in [0.1, 0.15) is 12.4 Å². The number of nitrogens with zero attached hydrogens (tertiary/aromatic N) is 2. The second-order valence-electron chi connectivity index (χ2n) is 10.9. The highest BCUT2D eigenvalue weighted by atomic mass is 15.1. The third-order valence-electron chi connectivity index (χ3n) is 7.60. The van der Waals surface area contributed by atoms with Crippen LogP contribution in [-0.4, -0.2) is 4.57 Å². The van der Waals surface area contributed by atoms with Crippen molar-refractivity contribution < 1.29 is 4.57 Å². The number of imidazole rings is 1. The second-order valence-corrected chi connectivity index (χ2v) is 10.9. The molecule has 1 aromatic rings. The number of aromatic nitrogens is 2. The largest absolute Gasteiger partial charge is 0.256 e. The van der Waals surface area contributed by atoms with Crippen molar-refractivity contribution in [1.82, 2.24) is 4.57 Å². The highest BCUT2D eigenvalue weighted by Gasteiger charge is 2.16. The summed E-state index contributed by atoms with van der Waals surface area (Å²) in [5.41, 5.74) is 0.